The molecule has 0 aliphatic rings. The van der Waals surface area contributed by atoms with Crippen LogP contribution in [0.5, 0.6) is 0 Å². The molecule has 0 aromatic carbocycles. The molecule has 0 aromatic rings. The molecule has 0 aromatic heterocycles. The minimum absolute atomic E-state index is 0. The van der Waals surface area contributed by atoms with Crippen molar-refractivity contribution in [1.29, 1.82) is 42.1 Å². The molecule has 0 fully saturated rings. The average molecular weight is 450 g/mol. The van der Waals surface area contributed by atoms with Crippen molar-refractivity contribution in [2.75, 3.05) is 0 Å². The Labute approximate surface area is 159 Å². The summed E-state index contributed by atoms with van der Waals surface area (Å²) in [5, 5.41) is 65.0. The molecule has 2 N–H and O–H groups in total. The van der Waals surface area contributed by atoms with Gasteiger partial charge in [-0.3, -0.25) is 0 Å². The van der Waals surface area contributed by atoms with Gasteiger partial charge in [-0.25, -0.2) is 0 Å². The molecule has 0 rings (SSSR count). The summed E-state index contributed by atoms with van der Waals surface area (Å²) in [6.07, 6.45) is 1.50. The Hall–Kier alpha value is -3.39. The first kappa shape index (κ1) is 91.6. The standard InChI is InChI=1S/2CHNO.6CN.Co.2Ni.2O/c2*2-1-3;6*1-2;;;;;/h2*3H;;;;;;;;;;;/q;;6*-1;+2;;;;. The topological polar surface area (TPSA) is 265 Å². The van der Waals surface area contributed by atoms with Gasteiger partial charge < -0.3 is 81.2 Å². The third-order valence-electron chi connectivity index (χ3n) is 0. The van der Waals surface area contributed by atoms with Gasteiger partial charge in [0.2, 0.25) is 0 Å². The summed E-state index contributed by atoms with van der Waals surface area (Å²) < 4.78 is 15.8. The van der Waals surface area contributed by atoms with Crippen molar-refractivity contribution in [3.63, 3.8) is 0 Å². The summed E-state index contributed by atoms with van der Waals surface area (Å²) in [6, 6.07) is 0. The van der Waals surface area contributed by atoms with Gasteiger partial charge in [-0.1, -0.05) is 0 Å². The number of nitrogens with zero attached hydrogens (tertiary/aromatic N) is 8. The molecule has 0 aliphatic heterocycles. The van der Waals surface area contributed by atoms with Gasteiger partial charge in [0.1, 0.15) is 0 Å². The summed E-state index contributed by atoms with van der Waals surface area (Å²) >= 11 is 5.25. The van der Waals surface area contributed by atoms with E-state index < -0.39 is 0 Å². The van der Waals surface area contributed by atoms with Crippen LogP contribution in [0.25, 0.3) is 0 Å². The predicted molar refractivity (Wildman–Crippen MR) is 46.3 cm³/mol. The van der Waals surface area contributed by atoms with E-state index in [1.54, 1.807) is 0 Å². The summed E-state index contributed by atoms with van der Waals surface area (Å²) in [7, 11) is 0. The zero-order chi connectivity index (χ0) is 21.4. The molecule has 0 heterocycles. The first-order valence-corrected chi connectivity index (χ1v) is 3.30. The Morgan fingerprint density at radius 1 is 0.522 bits per heavy atom. The van der Waals surface area contributed by atoms with Crippen molar-refractivity contribution in [2.24, 2.45) is 0 Å². The van der Waals surface area contributed by atoms with Crippen molar-refractivity contribution in [3.05, 3.63) is 39.4 Å². The Bertz CT molecular complexity index is 258. The number of hydrogen-bond donors (Lipinski definition) is 2. The Morgan fingerprint density at radius 2 is 0.522 bits per heavy atom. The number of aliphatic hydroxyl groups is 2. The number of aliphatic hydroxyl groups excluding tert-OH is 2. The van der Waals surface area contributed by atoms with Gasteiger partial charge in [-0.2, -0.15) is 10.5 Å². The first-order valence-electron chi connectivity index (χ1n) is 2.49. The maximum absolute atomic E-state index is 7.88. The molecule has 131 valence electrons. The van der Waals surface area contributed by atoms with Gasteiger partial charge in [-0.05, 0) is 0 Å². The molecule has 0 aliphatic carbocycles. The van der Waals surface area contributed by atoms with E-state index in [0.29, 0.717) is 0 Å². The summed E-state index contributed by atoms with van der Waals surface area (Å²) in [5.41, 5.74) is 0. The third-order valence-corrected chi connectivity index (χ3v) is 0. The van der Waals surface area contributed by atoms with E-state index >= 15 is 0 Å². The normalized spacial score (nSPS) is 1.65. The molecule has 0 amide bonds. The molecule has 15 heteroatoms. The van der Waals surface area contributed by atoms with Crippen LogP contribution in [0.15, 0.2) is 0 Å². The zero-order valence-electron chi connectivity index (χ0n) is 10.3. The van der Waals surface area contributed by atoms with E-state index in [4.69, 9.17) is 99.5 Å². The van der Waals surface area contributed by atoms with Crippen LogP contribution < -0.4 is 0 Å². The second kappa shape index (κ2) is 3000. The van der Waals surface area contributed by atoms with Crippen LogP contribution >= 0.6 is 0 Å². The van der Waals surface area contributed by atoms with E-state index in [-0.39, 0.29) is 16.8 Å². The van der Waals surface area contributed by atoms with E-state index in [9.17, 15) is 0 Å². The molecule has 0 atom stereocenters. The molecular formula is C8H2CoN8Ni2O4-4. The Balaban J connectivity index is -0.00000000775. The van der Waals surface area contributed by atoms with Crippen molar-refractivity contribution < 1.29 is 65.6 Å². The van der Waals surface area contributed by atoms with Crippen LogP contribution in [0, 0.1) is 94.0 Å². The summed E-state index contributed by atoms with van der Waals surface area (Å²) in [6.45, 7) is 28.5. The van der Waals surface area contributed by atoms with E-state index in [0.717, 1.165) is 12.5 Å². The van der Waals surface area contributed by atoms with Crippen molar-refractivity contribution >= 4 is 0 Å². The second-order valence-electron chi connectivity index (χ2n) is 0.200. The third kappa shape index (κ3) is 448. The fraction of sp³-hybridized carbons (Fsp3) is 0. The molecule has 1 radical (unpaired) electrons. The fourth-order valence-electron chi connectivity index (χ4n) is 0. The van der Waals surface area contributed by atoms with Gasteiger partial charge in [0.15, 0.2) is 0 Å². The first-order chi connectivity index (χ1) is 10.8. The summed E-state index contributed by atoms with van der Waals surface area (Å²) in [5.74, 6) is 0. The van der Waals surface area contributed by atoms with Crippen LogP contribution in [0.4, 0.5) is 0 Å². The molecule has 0 saturated heterocycles. The van der Waals surface area contributed by atoms with Gasteiger partial charge in [-0.15, -0.1) is 0 Å². The molecule has 0 unspecified atom stereocenters. The molecule has 0 saturated carbocycles. The zero-order valence-corrected chi connectivity index (χ0v) is 13.3. The molecule has 12 nitrogen and oxygen atoms in total. The van der Waals surface area contributed by atoms with Crippen LogP contribution in [-0.2, 0) is 55.4 Å². The second-order valence-corrected chi connectivity index (χ2v) is 0.200. The average Bonchev–Trinajstić information content (AvgIpc) is 2.69. The van der Waals surface area contributed by atoms with Gasteiger partial charge in [0.25, 0.3) is 12.5 Å². The maximum atomic E-state index is 7.88. The van der Waals surface area contributed by atoms with E-state index in [2.05, 4.69) is 30.8 Å². The number of nitriles is 2. The van der Waals surface area contributed by atoms with Gasteiger partial charge >= 0.3 is 55.4 Å². The molecule has 23 heavy (non-hydrogen) atoms. The van der Waals surface area contributed by atoms with Gasteiger partial charge in [0.05, 0.1) is 0 Å². The molecule has 0 spiro atoms. The van der Waals surface area contributed by atoms with Gasteiger partial charge in [0, 0.05) is 0 Å². The molecular weight excluding hydrogens is 448 g/mol. The number of rotatable bonds is 0. The Morgan fingerprint density at radius 3 is 0.522 bits per heavy atom. The van der Waals surface area contributed by atoms with Crippen LogP contribution in [0.3, 0.4) is 0 Å². The van der Waals surface area contributed by atoms with E-state index in [1.807, 2.05) is 0 Å². The Kier molecular flexibility index (Phi) is 12000. The minimum atomic E-state index is 0. The monoisotopic (exact) mass is 449 g/mol. The fourth-order valence-corrected chi connectivity index (χ4v) is 0. The summed E-state index contributed by atoms with van der Waals surface area (Å²) in [4.78, 5) is 0. The van der Waals surface area contributed by atoms with Crippen LogP contribution in [-0.4, -0.2) is 10.2 Å². The van der Waals surface area contributed by atoms with Crippen molar-refractivity contribution in [2.45, 2.75) is 0 Å². The van der Waals surface area contributed by atoms with Crippen LogP contribution in [0.1, 0.15) is 0 Å². The van der Waals surface area contributed by atoms with E-state index in [1.165, 1.54) is 0 Å². The van der Waals surface area contributed by atoms with Crippen molar-refractivity contribution in [1.82, 2.24) is 0 Å². The SMILES string of the molecule is N#CO.N#CO.[C-]#N.[C-]#N.[C-]#N.[C-]#N.[C-]#N.[C-]#N.[Co+2].[O]=[Ni].[O]=[Ni]. The quantitative estimate of drug-likeness (QED) is 0.280. The predicted octanol–water partition coefficient (Wildman–Crippen LogP) is 0.0131. The van der Waals surface area contributed by atoms with Crippen LogP contribution in [0.2, 0.25) is 0 Å². The van der Waals surface area contributed by atoms with Crippen molar-refractivity contribution in [3.8, 4) is 12.5 Å². The molecule has 0 bridgehead atoms. The number of hydrogen-bond acceptors (Lipinski definition) is 12.